The van der Waals surface area contributed by atoms with Crippen molar-refractivity contribution in [3.8, 4) is 33.8 Å². The number of likely N-dealkylation sites (N-methyl/N-ethyl adjacent to an activating group) is 1. The molecule has 5 rings (SSSR count). The number of amides is 1. The number of nitrogens with one attached hydrogen (secondary N) is 1. The SMILES string of the molecule is COc1ccccc1-c1c[nH]c2ncc(-c3cc(C)c(O)c(C(=O)N4CCN(CCN(C)C)CC4)c3)cc12. The highest BCUT2D eigenvalue weighted by Crippen LogP contribution is 2.37. The number of hydrogen-bond acceptors (Lipinski definition) is 6. The molecule has 3 heterocycles. The number of rotatable bonds is 7. The summed E-state index contributed by atoms with van der Waals surface area (Å²) in [5.41, 5.74) is 5.45. The number of carbonyl (C=O) groups is 1. The van der Waals surface area contributed by atoms with Crippen molar-refractivity contribution in [1.82, 2.24) is 24.7 Å². The Morgan fingerprint density at radius 3 is 2.58 bits per heavy atom. The quantitative estimate of drug-likeness (QED) is 0.385. The van der Waals surface area contributed by atoms with Crippen LogP contribution in [-0.2, 0) is 0 Å². The van der Waals surface area contributed by atoms with Crippen LogP contribution in [0.1, 0.15) is 15.9 Å². The number of benzene rings is 2. The van der Waals surface area contributed by atoms with Crippen molar-refractivity contribution < 1.29 is 14.6 Å². The molecule has 8 nitrogen and oxygen atoms in total. The molecule has 38 heavy (non-hydrogen) atoms. The molecule has 1 aliphatic heterocycles. The van der Waals surface area contributed by atoms with E-state index in [-0.39, 0.29) is 11.7 Å². The minimum absolute atomic E-state index is 0.0409. The molecule has 1 amide bonds. The van der Waals surface area contributed by atoms with Crippen molar-refractivity contribution in [3.63, 3.8) is 0 Å². The van der Waals surface area contributed by atoms with E-state index in [0.717, 1.165) is 65.2 Å². The van der Waals surface area contributed by atoms with Gasteiger partial charge < -0.3 is 24.6 Å². The summed E-state index contributed by atoms with van der Waals surface area (Å²) in [4.78, 5) is 27.8. The highest BCUT2D eigenvalue weighted by molar-refractivity contribution is 6.00. The van der Waals surface area contributed by atoms with Gasteiger partial charge in [-0.25, -0.2) is 4.98 Å². The zero-order valence-electron chi connectivity index (χ0n) is 22.5. The molecule has 0 aliphatic carbocycles. The summed E-state index contributed by atoms with van der Waals surface area (Å²) in [5, 5.41) is 11.8. The number of fused-ring (bicyclic) bond motifs is 1. The molecule has 8 heteroatoms. The monoisotopic (exact) mass is 513 g/mol. The fourth-order valence-corrected chi connectivity index (χ4v) is 5.05. The van der Waals surface area contributed by atoms with Crippen molar-refractivity contribution in [2.24, 2.45) is 0 Å². The summed E-state index contributed by atoms with van der Waals surface area (Å²) in [6, 6.07) is 13.7. The number of para-hydroxylation sites is 1. The first-order valence-electron chi connectivity index (χ1n) is 13.0. The number of phenols is 1. The molecule has 0 radical (unpaired) electrons. The third kappa shape index (κ3) is 5.10. The van der Waals surface area contributed by atoms with E-state index in [1.54, 1.807) is 19.4 Å². The first-order valence-corrected chi connectivity index (χ1v) is 13.0. The van der Waals surface area contributed by atoms with E-state index in [0.29, 0.717) is 24.2 Å². The molecule has 0 spiro atoms. The van der Waals surface area contributed by atoms with Crippen molar-refractivity contribution in [3.05, 3.63) is 66.0 Å². The summed E-state index contributed by atoms with van der Waals surface area (Å²) >= 11 is 0. The van der Waals surface area contributed by atoms with E-state index in [9.17, 15) is 9.90 Å². The van der Waals surface area contributed by atoms with Gasteiger partial charge in [-0.2, -0.15) is 0 Å². The third-order valence-corrected chi connectivity index (χ3v) is 7.32. The Morgan fingerprint density at radius 1 is 1.08 bits per heavy atom. The van der Waals surface area contributed by atoms with Crippen LogP contribution in [0.4, 0.5) is 0 Å². The standard InChI is InChI=1S/C30H35N5O3/c1-20-15-21(16-25(28(20)36)30(37)35-13-11-34(12-14-35)10-9-33(2)3)22-17-24-26(19-32-29(24)31-18-22)23-7-5-6-8-27(23)38-4/h5-8,15-19,36H,9-14H2,1-4H3,(H,31,32). The van der Waals surface area contributed by atoms with Crippen molar-refractivity contribution in [1.29, 1.82) is 0 Å². The van der Waals surface area contributed by atoms with Gasteiger partial charge in [0.15, 0.2) is 0 Å². The molecule has 2 aromatic heterocycles. The number of aromatic hydroxyl groups is 1. The van der Waals surface area contributed by atoms with Gasteiger partial charge in [0.25, 0.3) is 5.91 Å². The second-order valence-corrected chi connectivity index (χ2v) is 10.1. The number of aryl methyl sites for hydroxylation is 1. The van der Waals surface area contributed by atoms with Crippen LogP contribution in [0.5, 0.6) is 11.5 Å². The lowest BCUT2D eigenvalue weighted by atomic mass is 9.97. The number of H-pyrrole nitrogens is 1. The molecule has 4 aromatic rings. The number of aromatic nitrogens is 2. The molecule has 1 fully saturated rings. The first kappa shape index (κ1) is 25.8. The average molecular weight is 514 g/mol. The van der Waals surface area contributed by atoms with Gasteiger partial charge in [-0.05, 0) is 56.4 Å². The Kier molecular flexibility index (Phi) is 7.35. The maximum atomic E-state index is 13.5. The number of phenolic OH excluding ortho intramolecular Hbond substituents is 1. The Bertz CT molecular complexity index is 1450. The molecule has 198 valence electrons. The zero-order chi connectivity index (χ0) is 26.8. The molecule has 0 atom stereocenters. The maximum Gasteiger partial charge on any atom is 0.257 e. The second-order valence-electron chi connectivity index (χ2n) is 10.1. The first-order chi connectivity index (χ1) is 18.4. The molecule has 1 aliphatic rings. The number of methoxy groups -OCH3 is 1. The Labute approximate surface area is 223 Å². The lowest BCUT2D eigenvalue weighted by Gasteiger charge is -2.35. The molecular formula is C30H35N5O3. The second kappa shape index (κ2) is 10.8. The van der Waals surface area contributed by atoms with Gasteiger partial charge in [0.1, 0.15) is 17.1 Å². The predicted octanol–water partition coefficient (Wildman–Crippen LogP) is 4.24. The normalized spacial score (nSPS) is 14.4. The molecule has 2 aromatic carbocycles. The van der Waals surface area contributed by atoms with Crippen LogP contribution in [0.15, 0.2) is 54.9 Å². The summed E-state index contributed by atoms with van der Waals surface area (Å²) in [5.74, 6) is 0.693. The maximum absolute atomic E-state index is 13.5. The Balaban J connectivity index is 1.44. The molecule has 0 bridgehead atoms. The Hall–Kier alpha value is -3.88. The van der Waals surface area contributed by atoms with Crippen molar-refractivity contribution in [2.45, 2.75) is 6.92 Å². The van der Waals surface area contributed by atoms with E-state index < -0.39 is 0 Å². The van der Waals surface area contributed by atoms with Crippen LogP contribution in [-0.4, -0.2) is 96.2 Å². The van der Waals surface area contributed by atoms with Gasteiger partial charge in [0, 0.05) is 73.7 Å². The largest absolute Gasteiger partial charge is 0.507 e. The lowest BCUT2D eigenvalue weighted by Crippen LogP contribution is -2.50. The number of piperazine rings is 1. The van der Waals surface area contributed by atoms with Crippen molar-refractivity contribution in [2.75, 3.05) is 60.5 Å². The van der Waals surface area contributed by atoms with E-state index in [1.165, 1.54) is 0 Å². The molecular weight excluding hydrogens is 478 g/mol. The van der Waals surface area contributed by atoms with Gasteiger partial charge in [0.2, 0.25) is 0 Å². The van der Waals surface area contributed by atoms with Crippen LogP contribution < -0.4 is 4.74 Å². The van der Waals surface area contributed by atoms with Gasteiger partial charge >= 0.3 is 0 Å². The highest BCUT2D eigenvalue weighted by Gasteiger charge is 2.25. The molecule has 0 unspecified atom stereocenters. The Morgan fingerprint density at radius 2 is 1.84 bits per heavy atom. The summed E-state index contributed by atoms with van der Waals surface area (Å²) < 4.78 is 5.58. The topological polar surface area (TPSA) is 84.9 Å². The van der Waals surface area contributed by atoms with E-state index >= 15 is 0 Å². The van der Waals surface area contributed by atoms with Crippen LogP contribution >= 0.6 is 0 Å². The van der Waals surface area contributed by atoms with E-state index in [4.69, 9.17) is 4.74 Å². The number of nitrogens with zero attached hydrogens (tertiary/aromatic N) is 4. The number of ether oxygens (including phenoxy) is 1. The zero-order valence-corrected chi connectivity index (χ0v) is 22.5. The molecule has 1 saturated heterocycles. The van der Waals surface area contributed by atoms with E-state index in [1.807, 2.05) is 48.4 Å². The van der Waals surface area contributed by atoms with Crippen LogP contribution in [0.3, 0.4) is 0 Å². The van der Waals surface area contributed by atoms with Crippen LogP contribution in [0.2, 0.25) is 0 Å². The summed E-state index contributed by atoms with van der Waals surface area (Å²) in [7, 11) is 5.81. The average Bonchev–Trinajstić information content (AvgIpc) is 3.36. The third-order valence-electron chi connectivity index (χ3n) is 7.32. The number of carbonyl (C=O) groups excluding carboxylic acids is 1. The summed E-state index contributed by atoms with van der Waals surface area (Å²) in [6.07, 6.45) is 3.74. The highest BCUT2D eigenvalue weighted by atomic mass is 16.5. The fourth-order valence-electron chi connectivity index (χ4n) is 5.05. The smallest absolute Gasteiger partial charge is 0.257 e. The minimum Gasteiger partial charge on any atom is -0.507 e. The predicted molar refractivity (Wildman–Crippen MR) is 151 cm³/mol. The minimum atomic E-state index is -0.134. The number of aromatic amines is 1. The van der Waals surface area contributed by atoms with Gasteiger partial charge in [-0.15, -0.1) is 0 Å². The van der Waals surface area contributed by atoms with Gasteiger partial charge in [0.05, 0.1) is 12.7 Å². The number of hydrogen-bond donors (Lipinski definition) is 2. The lowest BCUT2D eigenvalue weighted by molar-refractivity contribution is 0.0627. The number of pyridine rings is 1. The molecule has 0 saturated carbocycles. The van der Waals surface area contributed by atoms with E-state index in [2.05, 4.69) is 39.9 Å². The van der Waals surface area contributed by atoms with Crippen LogP contribution in [0.25, 0.3) is 33.3 Å². The summed E-state index contributed by atoms with van der Waals surface area (Å²) in [6.45, 7) is 6.77. The van der Waals surface area contributed by atoms with Crippen LogP contribution in [0, 0.1) is 6.92 Å². The fraction of sp³-hybridized carbons (Fsp3) is 0.333. The van der Waals surface area contributed by atoms with Gasteiger partial charge in [-0.1, -0.05) is 18.2 Å². The molecule has 2 N–H and O–H groups in total. The van der Waals surface area contributed by atoms with Gasteiger partial charge in [-0.3, -0.25) is 9.69 Å². The van der Waals surface area contributed by atoms with Crippen molar-refractivity contribution >= 4 is 16.9 Å².